The van der Waals surface area contributed by atoms with Crippen LogP contribution in [0.25, 0.3) is 0 Å². The number of nitrogens with zero attached hydrogens (tertiary/aromatic N) is 1. The molecular formula is C11H23NSi. The lowest BCUT2D eigenvalue weighted by Crippen LogP contribution is -2.48. The first-order chi connectivity index (χ1) is 6.11. The highest BCUT2D eigenvalue weighted by Gasteiger charge is 2.37. The van der Waals surface area contributed by atoms with Crippen LogP contribution in [0, 0.1) is 0 Å². The maximum atomic E-state index is 3.86. The van der Waals surface area contributed by atoms with Crippen LogP contribution in [0.3, 0.4) is 0 Å². The standard InChI is InChI=1S/C11H23NSi/c1-5-8-11(6-2)12-9-7-10-13(12,3)4/h5,11H,1,6-10H2,2-4H3. The van der Waals surface area contributed by atoms with Crippen LogP contribution in [0.15, 0.2) is 12.7 Å². The van der Waals surface area contributed by atoms with E-state index in [2.05, 4.69) is 37.2 Å². The van der Waals surface area contributed by atoms with Crippen molar-refractivity contribution in [3.8, 4) is 0 Å². The molecular weight excluding hydrogens is 174 g/mol. The Bertz CT molecular complexity index is 177. The van der Waals surface area contributed by atoms with Crippen molar-refractivity contribution in [2.45, 2.75) is 51.4 Å². The van der Waals surface area contributed by atoms with Crippen molar-refractivity contribution < 1.29 is 0 Å². The van der Waals surface area contributed by atoms with Crippen LogP contribution in [-0.2, 0) is 0 Å². The molecule has 1 aliphatic rings. The van der Waals surface area contributed by atoms with Gasteiger partial charge < -0.3 is 4.57 Å². The van der Waals surface area contributed by atoms with E-state index in [1.807, 2.05) is 0 Å². The maximum Gasteiger partial charge on any atom is 0.122 e. The zero-order valence-corrected chi connectivity index (χ0v) is 10.3. The van der Waals surface area contributed by atoms with Gasteiger partial charge in [-0.15, -0.1) is 6.58 Å². The molecule has 76 valence electrons. The summed E-state index contributed by atoms with van der Waals surface area (Å²) in [6.45, 7) is 12.5. The molecule has 1 nitrogen and oxygen atoms in total. The summed E-state index contributed by atoms with van der Waals surface area (Å²) >= 11 is 0. The molecule has 1 fully saturated rings. The van der Waals surface area contributed by atoms with E-state index in [-0.39, 0.29) is 0 Å². The van der Waals surface area contributed by atoms with Crippen molar-refractivity contribution >= 4 is 8.24 Å². The molecule has 0 radical (unpaired) electrons. The Labute approximate surface area is 83.9 Å². The smallest absolute Gasteiger partial charge is 0.122 e. The van der Waals surface area contributed by atoms with Crippen molar-refractivity contribution in [3.63, 3.8) is 0 Å². The van der Waals surface area contributed by atoms with Crippen LogP contribution >= 0.6 is 0 Å². The zero-order valence-electron chi connectivity index (χ0n) is 9.34. The molecule has 0 N–H and O–H groups in total. The fraction of sp³-hybridized carbons (Fsp3) is 0.818. The van der Waals surface area contributed by atoms with E-state index < -0.39 is 8.24 Å². The van der Waals surface area contributed by atoms with Gasteiger partial charge in [-0.25, -0.2) is 0 Å². The van der Waals surface area contributed by atoms with Crippen LogP contribution in [0.2, 0.25) is 19.1 Å². The molecule has 1 heterocycles. The molecule has 0 amide bonds. The van der Waals surface area contributed by atoms with E-state index in [1.165, 1.54) is 31.9 Å². The third-order valence-electron chi connectivity index (χ3n) is 3.32. The molecule has 0 aromatic carbocycles. The summed E-state index contributed by atoms with van der Waals surface area (Å²) in [5.41, 5.74) is 0. The Kier molecular flexibility index (Phi) is 3.74. The first-order valence-corrected chi connectivity index (χ1v) is 8.65. The van der Waals surface area contributed by atoms with E-state index in [4.69, 9.17) is 0 Å². The molecule has 0 bridgehead atoms. The molecule has 0 aromatic heterocycles. The average molecular weight is 197 g/mol. The van der Waals surface area contributed by atoms with Crippen molar-refractivity contribution in [1.82, 2.24) is 4.57 Å². The lowest BCUT2D eigenvalue weighted by molar-refractivity contribution is 0.330. The van der Waals surface area contributed by atoms with Gasteiger partial charge in [0.2, 0.25) is 0 Å². The van der Waals surface area contributed by atoms with Gasteiger partial charge in [0.15, 0.2) is 0 Å². The van der Waals surface area contributed by atoms with Gasteiger partial charge in [-0.05, 0) is 31.9 Å². The molecule has 0 aromatic rings. The summed E-state index contributed by atoms with van der Waals surface area (Å²) in [4.78, 5) is 0. The Morgan fingerprint density at radius 3 is 2.62 bits per heavy atom. The summed E-state index contributed by atoms with van der Waals surface area (Å²) in [7, 11) is -1.01. The van der Waals surface area contributed by atoms with E-state index >= 15 is 0 Å². The van der Waals surface area contributed by atoms with E-state index in [0.29, 0.717) is 0 Å². The Hall–Kier alpha value is -0.0831. The third-order valence-corrected chi connectivity index (χ3v) is 7.04. The van der Waals surface area contributed by atoms with Crippen LogP contribution in [0.5, 0.6) is 0 Å². The zero-order chi connectivity index (χ0) is 9.90. The molecule has 0 spiro atoms. The Balaban J connectivity index is 2.62. The van der Waals surface area contributed by atoms with E-state index in [1.54, 1.807) is 0 Å². The predicted molar refractivity (Wildman–Crippen MR) is 62.5 cm³/mol. The van der Waals surface area contributed by atoms with Crippen molar-refractivity contribution in [1.29, 1.82) is 0 Å². The van der Waals surface area contributed by atoms with Gasteiger partial charge in [-0.2, -0.15) is 0 Å². The van der Waals surface area contributed by atoms with E-state index in [0.717, 1.165) is 6.04 Å². The van der Waals surface area contributed by atoms with Gasteiger partial charge >= 0.3 is 0 Å². The Morgan fingerprint density at radius 1 is 1.54 bits per heavy atom. The molecule has 0 saturated carbocycles. The van der Waals surface area contributed by atoms with Crippen molar-refractivity contribution in [2.75, 3.05) is 6.54 Å². The first kappa shape index (κ1) is 11.0. The quantitative estimate of drug-likeness (QED) is 0.494. The van der Waals surface area contributed by atoms with E-state index in [9.17, 15) is 0 Å². The van der Waals surface area contributed by atoms with Crippen LogP contribution < -0.4 is 0 Å². The van der Waals surface area contributed by atoms with Crippen LogP contribution in [0.1, 0.15) is 26.2 Å². The lowest BCUT2D eigenvalue weighted by Gasteiger charge is -2.36. The Morgan fingerprint density at radius 2 is 2.23 bits per heavy atom. The van der Waals surface area contributed by atoms with Gasteiger partial charge in [0.1, 0.15) is 8.24 Å². The molecule has 0 aliphatic carbocycles. The molecule has 1 atom stereocenters. The summed E-state index contributed by atoms with van der Waals surface area (Å²) < 4.78 is 2.80. The topological polar surface area (TPSA) is 3.24 Å². The van der Waals surface area contributed by atoms with Gasteiger partial charge in [-0.3, -0.25) is 0 Å². The second-order valence-corrected chi connectivity index (χ2v) is 9.40. The maximum absolute atomic E-state index is 3.86. The molecule has 1 unspecified atom stereocenters. The number of hydrogen-bond donors (Lipinski definition) is 0. The summed E-state index contributed by atoms with van der Waals surface area (Å²) in [6.07, 6.45) is 5.96. The van der Waals surface area contributed by atoms with Crippen LogP contribution in [0.4, 0.5) is 0 Å². The van der Waals surface area contributed by atoms with Crippen molar-refractivity contribution in [2.24, 2.45) is 0 Å². The van der Waals surface area contributed by atoms with Gasteiger partial charge in [-0.1, -0.05) is 26.1 Å². The SMILES string of the molecule is C=CCC(CC)N1CCC[Si]1(C)C. The van der Waals surface area contributed by atoms with Gasteiger partial charge in [0, 0.05) is 6.04 Å². The normalized spacial score (nSPS) is 24.5. The first-order valence-electron chi connectivity index (χ1n) is 5.49. The number of rotatable bonds is 4. The van der Waals surface area contributed by atoms with Gasteiger partial charge in [0.05, 0.1) is 0 Å². The second-order valence-electron chi connectivity index (χ2n) is 4.70. The largest absolute Gasteiger partial charge is 0.321 e. The third kappa shape index (κ3) is 2.44. The van der Waals surface area contributed by atoms with Crippen molar-refractivity contribution in [3.05, 3.63) is 12.7 Å². The van der Waals surface area contributed by atoms with Gasteiger partial charge in [0.25, 0.3) is 0 Å². The molecule has 1 rings (SSSR count). The number of hydrogen-bond acceptors (Lipinski definition) is 1. The monoisotopic (exact) mass is 197 g/mol. The minimum absolute atomic E-state index is 0.779. The highest BCUT2D eigenvalue weighted by atomic mass is 28.3. The fourth-order valence-electron chi connectivity index (χ4n) is 2.51. The highest BCUT2D eigenvalue weighted by Crippen LogP contribution is 2.29. The molecule has 1 aliphatic heterocycles. The highest BCUT2D eigenvalue weighted by molar-refractivity contribution is 6.75. The summed E-state index contributed by atoms with van der Waals surface area (Å²) in [5, 5.41) is 0. The second kappa shape index (κ2) is 4.42. The minimum atomic E-state index is -1.01. The fourth-order valence-corrected chi connectivity index (χ4v) is 5.86. The molecule has 13 heavy (non-hydrogen) atoms. The minimum Gasteiger partial charge on any atom is -0.321 e. The lowest BCUT2D eigenvalue weighted by atomic mass is 10.1. The summed E-state index contributed by atoms with van der Waals surface area (Å²) in [6, 6.07) is 2.27. The van der Waals surface area contributed by atoms with Crippen LogP contribution in [-0.4, -0.2) is 25.4 Å². The molecule has 2 heteroatoms. The predicted octanol–water partition coefficient (Wildman–Crippen LogP) is 3.25. The molecule has 1 saturated heterocycles. The average Bonchev–Trinajstić information content (AvgIpc) is 2.41. The summed E-state index contributed by atoms with van der Waals surface area (Å²) in [5.74, 6) is 0.